The largest absolute Gasteiger partial charge is 0.495 e. The van der Waals surface area contributed by atoms with Crippen LogP contribution in [0.15, 0.2) is 89.8 Å². The number of hydrogen-bond acceptors (Lipinski definition) is 5. The van der Waals surface area contributed by atoms with Gasteiger partial charge in [0.05, 0.1) is 17.7 Å². The van der Waals surface area contributed by atoms with Crippen LogP contribution < -0.4 is 14.4 Å². The van der Waals surface area contributed by atoms with E-state index < -0.39 is 28.5 Å². The molecule has 0 heterocycles. The van der Waals surface area contributed by atoms with E-state index in [9.17, 15) is 18.0 Å². The highest BCUT2D eigenvalue weighted by Crippen LogP contribution is 2.32. The zero-order chi connectivity index (χ0) is 27.5. The molecule has 0 bridgehead atoms. The monoisotopic (exact) mass is 537 g/mol. The number of hydrogen-bond donors (Lipinski definition) is 1. The zero-order valence-corrected chi connectivity index (χ0v) is 22.9. The Morgan fingerprint density at radius 2 is 1.50 bits per heavy atom. The average Bonchev–Trinajstić information content (AvgIpc) is 2.95. The SMILES string of the molecule is CCCNC(=O)[C@@H](CC)N(Cc1ccccc1)C(=O)CN(c1ccccc1OC)S(=O)(=O)c1ccccc1. The number of amides is 2. The Kier molecular flexibility index (Phi) is 10.3. The number of para-hydroxylation sites is 2. The van der Waals surface area contributed by atoms with E-state index in [4.69, 9.17) is 4.74 Å². The van der Waals surface area contributed by atoms with Gasteiger partial charge in [0.1, 0.15) is 18.3 Å². The van der Waals surface area contributed by atoms with Gasteiger partial charge in [0, 0.05) is 13.1 Å². The first-order valence-corrected chi connectivity index (χ1v) is 14.1. The number of anilines is 1. The van der Waals surface area contributed by atoms with Gasteiger partial charge in [-0.05, 0) is 42.7 Å². The Hall–Kier alpha value is -3.85. The summed E-state index contributed by atoms with van der Waals surface area (Å²) in [6.07, 6.45) is 1.12. The first kappa shape index (κ1) is 28.7. The van der Waals surface area contributed by atoms with Gasteiger partial charge < -0.3 is 15.0 Å². The number of ether oxygens (including phenoxy) is 1. The fraction of sp³-hybridized carbons (Fsp3) is 0.310. The topological polar surface area (TPSA) is 96.0 Å². The minimum Gasteiger partial charge on any atom is -0.495 e. The Morgan fingerprint density at radius 1 is 0.895 bits per heavy atom. The number of carbonyl (C=O) groups is 2. The molecule has 9 heteroatoms. The van der Waals surface area contributed by atoms with Crippen molar-refractivity contribution in [2.75, 3.05) is 24.5 Å². The number of rotatable bonds is 13. The summed E-state index contributed by atoms with van der Waals surface area (Å²) in [4.78, 5) is 28.6. The number of sulfonamides is 1. The molecule has 0 spiro atoms. The van der Waals surface area contributed by atoms with Crippen molar-refractivity contribution in [1.82, 2.24) is 10.2 Å². The van der Waals surface area contributed by atoms with Crippen molar-refractivity contribution in [2.45, 2.75) is 44.2 Å². The summed E-state index contributed by atoms with van der Waals surface area (Å²) in [6.45, 7) is 3.91. The van der Waals surface area contributed by atoms with Crippen molar-refractivity contribution in [2.24, 2.45) is 0 Å². The fourth-order valence-corrected chi connectivity index (χ4v) is 5.58. The van der Waals surface area contributed by atoms with Gasteiger partial charge in [-0.3, -0.25) is 13.9 Å². The fourth-order valence-electron chi connectivity index (χ4n) is 4.13. The van der Waals surface area contributed by atoms with E-state index in [1.807, 2.05) is 44.2 Å². The van der Waals surface area contributed by atoms with E-state index in [1.54, 1.807) is 42.5 Å². The molecule has 1 atom stereocenters. The van der Waals surface area contributed by atoms with Gasteiger partial charge in [-0.1, -0.05) is 74.5 Å². The van der Waals surface area contributed by atoms with Crippen LogP contribution in [0.5, 0.6) is 5.75 Å². The lowest BCUT2D eigenvalue weighted by molar-refractivity contribution is -0.140. The molecule has 3 aromatic rings. The third kappa shape index (κ3) is 6.92. The van der Waals surface area contributed by atoms with E-state index in [-0.39, 0.29) is 23.0 Å². The molecule has 1 N–H and O–H groups in total. The van der Waals surface area contributed by atoms with Crippen LogP contribution in [0.2, 0.25) is 0 Å². The van der Waals surface area contributed by atoms with Gasteiger partial charge >= 0.3 is 0 Å². The molecule has 0 aliphatic heterocycles. The van der Waals surface area contributed by atoms with Crippen molar-refractivity contribution >= 4 is 27.5 Å². The highest BCUT2D eigenvalue weighted by Gasteiger charge is 2.34. The maximum Gasteiger partial charge on any atom is 0.264 e. The van der Waals surface area contributed by atoms with Gasteiger partial charge in [0.15, 0.2) is 0 Å². The summed E-state index contributed by atoms with van der Waals surface area (Å²) >= 11 is 0. The molecule has 38 heavy (non-hydrogen) atoms. The number of carbonyl (C=O) groups excluding carboxylic acids is 2. The van der Waals surface area contributed by atoms with Crippen LogP contribution in [0.1, 0.15) is 32.3 Å². The summed E-state index contributed by atoms with van der Waals surface area (Å²) in [7, 11) is -2.70. The molecule has 0 fully saturated rings. The summed E-state index contributed by atoms with van der Waals surface area (Å²) in [5, 5.41) is 2.88. The second-order valence-electron chi connectivity index (χ2n) is 8.72. The quantitative estimate of drug-likeness (QED) is 0.352. The van der Waals surface area contributed by atoms with Crippen LogP contribution in [-0.2, 0) is 26.2 Å². The molecule has 0 aromatic heterocycles. The minimum absolute atomic E-state index is 0.0426. The average molecular weight is 538 g/mol. The van der Waals surface area contributed by atoms with Crippen LogP contribution in [-0.4, -0.2) is 51.4 Å². The van der Waals surface area contributed by atoms with Gasteiger partial charge in [0.25, 0.3) is 10.0 Å². The standard InChI is InChI=1S/C29H35N3O5S/c1-4-20-30-29(34)25(5-2)31(21-23-14-8-6-9-15-23)28(33)22-32(26-18-12-13-19-27(26)37-3)38(35,36)24-16-10-7-11-17-24/h6-19,25H,4-5,20-22H2,1-3H3,(H,30,34)/t25-/m1/s1. The molecular formula is C29H35N3O5S. The van der Waals surface area contributed by atoms with E-state index in [2.05, 4.69) is 5.32 Å². The van der Waals surface area contributed by atoms with Crippen molar-refractivity contribution < 1.29 is 22.7 Å². The second kappa shape index (κ2) is 13.6. The zero-order valence-electron chi connectivity index (χ0n) is 22.0. The lowest BCUT2D eigenvalue weighted by atomic mass is 10.1. The molecule has 0 saturated heterocycles. The Balaban J connectivity index is 2.06. The Bertz CT molecular complexity index is 1300. The number of nitrogens with one attached hydrogen (secondary N) is 1. The van der Waals surface area contributed by atoms with Crippen LogP contribution in [0.4, 0.5) is 5.69 Å². The Labute approximate surface area is 225 Å². The van der Waals surface area contributed by atoms with E-state index >= 15 is 0 Å². The molecule has 0 radical (unpaired) electrons. The summed E-state index contributed by atoms with van der Waals surface area (Å²) in [5.74, 6) is -0.465. The number of methoxy groups -OCH3 is 1. The maximum atomic E-state index is 14.0. The van der Waals surface area contributed by atoms with Crippen molar-refractivity contribution in [1.29, 1.82) is 0 Å². The highest BCUT2D eigenvalue weighted by atomic mass is 32.2. The van der Waals surface area contributed by atoms with Gasteiger partial charge in [-0.2, -0.15) is 0 Å². The van der Waals surface area contributed by atoms with Crippen molar-refractivity contribution in [3.63, 3.8) is 0 Å². The van der Waals surface area contributed by atoms with Crippen molar-refractivity contribution in [3.8, 4) is 5.75 Å². The lowest BCUT2D eigenvalue weighted by Crippen LogP contribution is -2.52. The van der Waals surface area contributed by atoms with Gasteiger partial charge in [-0.25, -0.2) is 8.42 Å². The van der Waals surface area contributed by atoms with Crippen LogP contribution >= 0.6 is 0 Å². The molecule has 0 aliphatic carbocycles. The molecule has 0 unspecified atom stereocenters. The van der Waals surface area contributed by atoms with Crippen LogP contribution in [0.25, 0.3) is 0 Å². The van der Waals surface area contributed by atoms with Crippen LogP contribution in [0.3, 0.4) is 0 Å². The summed E-state index contributed by atoms with van der Waals surface area (Å²) in [6, 6.07) is 23.2. The third-order valence-corrected chi connectivity index (χ3v) is 7.87. The molecule has 3 rings (SSSR count). The first-order chi connectivity index (χ1) is 18.3. The Morgan fingerprint density at radius 3 is 2.11 bits per heavy atom. The van der Waals surface area contributed by atoms with E-state index in [0.29, 0.717) is 18.7 Å². The normalized spacial score (nSPS) is 11.9. The molecule has 3 aromatic carbocycles. The minimum atomic E-state index is -4.15. The molecular weight excluding hydrogens is 502 g/mol. The van der Waals surface area contributed by atoms with E-state index in [1.165, 1.54) is 24.1 Å². The molecule has 0 saturated carbocycles. The predicted molar refractivity (Wildman–Crippen MR) is 148 cm³/mol. The predicted octanol–water partition coefficient (Wildman–Crippen LogP) is 4.22. The van der Waals surface area contributed by atoms with Gasteiger partial charge in [0.2, 0.25) is 11.8 Å². The van der Waals surface area contributed by atoms with Crippen LogP contribution in [0, 0.1) is 0 Å². The number of benzene rings is 3. The maximum absolute atomic E-state index is 14.0. The summed E-state index contributed by atoms with van der Waals surface area (Å²) in [5.41, 5.74) is 1.06. The molecule has 8 nitrogen and oxygen atoms in total. The number of nitrogens with zero attached hydrogens (tertiary/aromatic N) is 2. The molecule has 202 valence electrons. The highest BCUT2D eigenvalue weighted by molar-refractivity contribution is 7.92. The second-order valence-corrected chi connectivity index (χ2v) is 10.6. The smallest absolute Gasteiger partial charge is 0.264 e. The first-order valence-electron chi connectivity index (χ1n) is 12.6. The summed E-state index contributed by atoms with van der Waals surface area (Å²) < 4.78 is 34.2. The third-order valence-electron chi connectivity index (χ3n) is 6.09. The van der Waals surface area contributed by atoms with Crippen molar-refractivity contribution in [3.05, 3.63) is 90.5 Å². The van der Waals surface area contributed by atoms with E-state index in [0.717, 1.165) is 16.3 Å². The molecule has 2 amide bonds. The molecule has 0 aliphatic rings. The lowest BCUT2D eigenvalue weighted by Gasteiger charge is -2.33. The van der Waals surface area contributed by atoms with Gasteiger partial charge in [-0.15, -0.1) is 0 Å².